The first kappa shape index (κ1) is 9.79. The van der Waals surface area contributed by atoms with Crippen LogP contribution in [0.2, 0.25) is 0 Å². The summed E-state index contributed by atoms with van der Waals surface area (Å²) in [6.45, 7) is 9.21. The third kappa shape index (κ3) is 1.42. The van der Waals surface area contributed by atoms with Crippen LogP contribution in [0.4, 0.5) is 0 Å². The predicted molar refractivity (Wildman–Crippen MR) is 51.9 cm³/mol. The fraction of sp³-hybridized carbons (Fsp3) is 0.818. The fourth-order valence-corrected chi connectivity index (χ4v) is 2.12. The number of allylic oxidation sites excluding steroid dienone is 1. The monoisotopic (exact) mass is 168 g/mol. The van der Waals surface area contributed by atoms with Gasteiger partial charge in [0, 0.05) is 5.92 Å². The van der Waals surface area contributed by atoms with Gasteiger partial charge in [-0.25, -0.2) is 0 Å². The van der Waals surface area contributed by atoms with Gasteiger partial charge >= 0.3 is 0 Å². The molecule has 1 rings (SSSR count). The van der Waals surface area contributed by atoms with Gasteiger partial charge in [0.05, 0.1) is 6.61 Å². The van der Waals surface area contributed by atoms with Crippen LogP contribution in [0, 0.1) is 17.3 Å². The van der Waals surface area contributed by atoms with Gasteiger partial charge in [-0.3, -0.25) is 0 Å². The Labute approximate surface area is 75.5 Å². The highest BCUT2D eigenvalue weighted by Gasteiger charge is 2.37. The first-order chi connectivity index (χ1) is 5.50. The van der Waals surface area contributed by atoms with Gasteiger partial charge in [0.1, 0.15) is 0 Å². The van der Waals surface area contributed by atoms with Crippen LogP contribution in [0.3, 0.4) is 0 Å². The van der Waals surface area contributed by atoms with E-state index in [2.05, 4.69) is 33.8 Å². The molecule has 0 aromatic rings. The van der Waals surface area contributed by atoms with E-state index in [1.54, 1.807) is 0 Å². The van der Waals surface area contributed by atoms with Gasteiger partial charge in [0.25, 0.3) is 0 Å². The van der Waals surface area contributed by atoms with Crippen LogP contribution in [-0.2, 0) is 0 Å². The lowest BCUT2D eigenvalue weighted by Gasteiger charge is -2.42. The molecule has 0 spiro atoms. The van der Waals surface area contributed by atoms with Crippen LogP contribution in [-0.4, -0.2) is 11.7 Å². The Balaban J connectivity index is 2.91. The normalized spacial score (nSPS) is 34.6. The Hall–Kier alpha value is -0.300. The van der Waals surface area contributed by atoms with Crippen molar-refractivity contribution in [3.8, 4) is 0 Å². The Kier molecular flexibility index (Phi) is 2.62. The summed E-state index contributed by atoms with van der Waals surface area (Å²) in [6, 6.07) is 0. The molecule has 70 valence electrons. The van der Waals surface area contributed by atoms with E-state index >= 15 is 0 Å². The summed E-state index contributed by atoms with van der Waals surface area (Å²) in [5, 5.41) is 9.27. The van der Waals surface area contributed by atoms with Crippen LogP contribution >= 0.6 is 0 Å². The predicted octanol–water partition coefficient (Wildman–Crippen LogP) is 2.61. The van der Waals surface area contributed by atoms with E-state index in [1.807, 2.05) is 0 Å². The second-order valence-corrected chi connectivity index (χ2v) is 4.64. The molecule has 0 bridgehead atoms. The molecule has 1 N–H and O–H groups in total. The van der Waals surface area contributed by atoms with Crippen molar-refractivity contribution in [1.29, 1.82) is 0 Å². The number of aliphatic hydroxyl groups is 1. The Bertz CT molecular complexity index is 191. The van der Waals surface area contributed by atoms with Gasteiger partial charge in [-0.1, -0.05) is 32.4 Å². The second kappa shape index (κ2) is 3.21. The van der Waals surface area contributed by atoms with Gasteiger partial charge in [-0.15, -0.1) is 0 Å². The van der Waals surface area contributed by atoms with E-state index in [9.17, 15) is 5.11 Å². The van der Waals surface area contributed by atoms with Crippen molar-refractivity contribution < 1.29 is 5.11 Å². The summed E-state index contributed by atoms with van der Waals surface area (Å²) in [4.78, 5) is 0. The first-order valence-electron chi connectivity index (χ1n) is 4.77. The average molecular weight is 168 g/mol. The topological polar surface area (TPSA) is 20.2 Å². The average Bonchev–Trinajstić information content (AvgIpc) is 1.98. The van der Waals surface area contributed by atoms with E-state index in [-0.39, 0.29) is 5.41 Å². The molecule has 0 aromatic carbocycles. The molecule has 1 aliphatic carbocycles. The van der Waals surface area contributed by atoms with Crippen molar-refractivity contribution in [2.45, 2.75) is 34.1 Å². The van der Waals surface area contributed by atoms with Gasteiger partial charge in [0.15, 0.2) is 0 Å². The lowest BCUT2D eigenvalue weighted by atomic mass is 9.63. The standard InChI is InChI=1S/C11H20O/c1-8-5-6-9(2)11(3,4)10(8)7-12/h5,9-10,12H,6-7H2,1-4H3/t9-,10-/m0/s1. The highest BCUT2D eigenvalue weighted by molar-refractivity contribution is 5.13. The van der Waals surface area contributed by atoms with Crippen molar-refractivity contribution in [3.05, 3.63) is 11.6 Å². The maximum absolute atomic E-state index is 9.27. The molecule has 0 saturated heterocycles. The highest BCUT2D eigenvalue weighted by Crippen LogP contribution is 2.44. The van der Waals surface area contributed by atoms with Gasteiger partial charge in [-0.05, 0) is 24.7 Å². The quantitative estimate of drug-likeness (QED) is 0.597. The molecule has 2 atom stereocenters. The third-order valence-electron chi connectivity index (χ3n) is 3.69. The fourth-order valence-electron chi connectivity index (χ4n) is 2.12. The molecule has 0 fully saturated rings. The number of hydrogen-bond acceptors (Lipinski definition) is 1. The Morgan fingerprint density at radius 2 is 2.17 bits per heavy atom. The van der Waals surface area contributed by atoms with Crippen molar-refractivity contribution in [2.24, 2.45) is 17.3 Å². The maximum Gasteiger partial charge on any atom is 0.0501 e. The number of hydrogen-bond donors (Lipinski definition) is 1. The molecule has 0 radical (unpaired) electrons. The van der Waals surface area contributed by atoms with Crippen molar-refractivity contribution in [1.82, 2.24) is 0 Å². The van der Waals surface area contributed by atoms with E-state index in [1.165, 1.54) is 5.57 Å². The Morgan fingerprint density at radius 1 is 1.58 bits per heavy atom. The SMILES string of the molecule is CC1=CC[C@H](C)C(C)(C)[C@H]1CO. The van der Waals surface area contributed by atoms with E-state index < -0.39 is 0 Å². The largest absolute Gasteiger partial charge is 0.396 e. The number of aliphatic hydroxyl groups excluding tert-OH is 1. The minimum atomic E-state index is 0.258. The van der Waals surface area contributed by atoms with Gasteiger partial charge < -0.3 is 5.11 Å². The van der Waals surface area contributed by atoms with Crippen LogP contribution in [0.1, 0.15) is 34.1 Å². The van der Waals surface area contributed by atoms with Crippen LogP contribution in [0.15, 0.2) is 11.6 Å². The second-order valence-electron chi connectivity index (χ2n) is 4.64. The maximum atomic E-state index is 9.27. The summed E-state index contributed by atoms with van der Waals surface area (Å²) in [5.41, 5.74) is 1.62. The molecule has 0 unspecified atom stereocenters. The smallest absolute Gasteiger partial charge is 0.0501 e. The molecular weight excluding hydrogens is 148 g/mol. The molecule has 0 heterocycles. The van der Waals surface area contributed by atoms with E-state index in [0.29, 0.717) is 18.4 Å². The van der Waals surface area contributed by atoms with E-state index in [0.717, 1.165) is 6.42 Å². The summed E-state index contributed by atoms with van der Waals surface area (Å²) < 4.78 is 0. The number of rotatable bonds is 1. The molecule has 0 amide bonds. The minimum absolute atomic E-state index is 0.258. The van der Waals surface area contributed by atoms with Crippen molar-refractivity contribution >= 4 is 0 Å². The van der Waals surface area contributed by atoms with Crippen LogP contribution in [0.25, 0.3) is 0 Å². The third-order valence-corrected chi connectivity index (χ3v) is 3.69. The molecule has 12 heavy (non-hydrogen) atoms. The summed E-state index contributed by atoms with van der Waals surface area (Å²) in [5.74, 6) is 1.04. The lowest BCUT2D eigenvalue weighted by Crippen LogP contribution is -2.36. The molecule has 1 aliphatic rings. The van der Waals surface area contributed by atoms with Crippen molar-refractivity contribution in [2.75, 3.05) is 6.61 Å². The van der Waals surface area contributed by atoms with Gasteiger partial charge in [0.2, 0.25) is 0 Å². The summed E-state index contributed by atoms with van der Waals surface area (Å²) >= 11 is 0. The summed E-state index contributed by atoms with van der Waals surface area (Å²) in [7, 11) is 0. The van der Waals surface area contributed by atoms with Gasteiger partial charge in [-0.2, -0.15) is 0 Å². The van der Waals surface area contributed by atoms with Crippen LogP contribution in [0.5, 0.6) is 0 Å². The zero-order chi connectivity index (χ0) is 9.35. The Morgan fingerprint density at radius 3 is 2.58 bits per heavy atom. The molecular formula is C11H20O. The molecule has 1 nitrogen and oxygen atoms in total. The molecule has 0 aromatic heterocycles. The first-order valence-corrected chi connectivity index (χ1v) is 4.77. The molecule has 0 aliphatic heterocycles. The molecule has 0 saturated carbocycles. The van der Waals surface area contributed by atoms with Crippen molar-refractivity contribution in [3.63, 3.8) is 0 Å². The van der Waals surface area contributed by atoms with Crippen LogP contribution < -0.4 is 0 Å². The summed E-state index contributed by atoms with van der Waals surface area (Å²) in [6.07, 6.45) is 3.44. The minimum Gasteiger partial charge on any atom is -0.396 e. The zero-order valence-electron chi connectivity index (χ0n) is 8.59. The lowest BCUT2D eigenvalue weighted by molar-refractivity contribution is 0.0835. The van der Waals surface area contributed by atoms with E-state index in [4.69, 9.17) is 0 Å². The zero-order valence-corrected chi connectivity index (χ0v) is 8.59. The molecule has 1 heteroatoms. The highest BCUT2D eigenvalue weighted by atomic mass is 16.3.